The molecule has 0 spiro atoms. The molecule has 0 aliphatic carbocycles. The van der Waals surface area contributed by atoms with Gasteiger partial charge < -0.3 is 5.32 Å². The first kappa shape index (κ1) is 20.9. The summed E-state index contributed by atoms with van der Waals surface area (Å²) in [5.41, 5.74) is -0.451. The van der Waals surface area contributed by atoms with Gasteiger partial charge in [0, 0.05) is 6.54 Å². The molecule has 1 aliphatic heterocycles. The Bertz CT molecular complexity index is 884. The molecule has 0 unspecified atom stereocenters. The number of hydrogen-bond donors (Lipinski definition) is 1. The fraction of sp³-hybridized carbons (Fsp3) is 0.333. The summed E-state index contributed by atoms with van der Waals surface area (Å²) in [6.45, 7) is 2.15. The highest BCUT2D eigenvalue weighted by atomic mass is 19.4. The van der Waals surface area contributed by atoms with Gasteiger partial charge in [0.15, 0.2) is 0 Å². The maximum absolute atomic E-state index is 13.1. The molecule has 154 valence electrons. The molecule has 29 heavy (non-hydrogen) atoms. The van der Waals surface area contributed by atoms with Crippen LogP contribution in [0.15, 0.2) is 54.6 Å². The molecule has 0 aromatic heterocycles. The van der Waals surface area contributed by atoms with Crippen molar-refractivity contribution >= 4 is 11.9 Å². The number of benzene rings is 2. The van der Waals surface area contributed by atoms with E-state index in [-0.39, 0.29) is 12.6 Å². The molecule has 1 N–H and O–H groups in total. The lowest BCUT2D eigenvalue weighted by Gasteiger charge is -2.27. The highest BCUT2D eigenvalue weighted by Crippen LogP contribution is 2.32. The van der Waals surface area contributed by atoms with E-state index in [0.717, 1.165) is 17.0 Å². The van der Waals surface area contributed by atoms with Crippen molar-refractivity contribution in [1.29, 1.82) is 0 Å². The molecule has 1 saturated heterocycles. The number of nitrogens with one attached hydrogen (secondary N) is 1. The van der Waals surface area contributed by atoms with Crippen LogP contribution in [0.3, 0.4) is 0 Å². The first-order chi connectivity index (χ1) is 13.7. The van der Waals surface area contributed by atoms with Crippen LogP contribution in [0.4, 0.5) is 18.0 Å². The number of nitrogens with zero attached hydrogens (tertiary/aromatic N) is 2. The summed E-state index contributed by atoms with van der Waals surface area (Å²) < 4.78 is 38.1. The van der Waals surface area contributed by atoms with Crippen LogP contribution in [0, 0.1) is 0 Å². The zero-order valence-corrected chi connectivity index (χ0v) is 16.2. The normalized spacial score (nSPS) is 19.7. The van der Waals surface area contributed by atoms with Gasteiger partial charge in [0.25, 0.3) is 5.91 Å². The number of carbonyl (C=O) groups excluding carboxylic acids is 2. The maximum atomic E-state index is 13.1. The lowest BCUT2D eigenvalue weighted by molar-refractivity contribution is -0.137. The van der Waals surface area contributed by atoms with Crippen molar-refractivity contribution in [2.75, 3.05) is 13.7 Å². The molecular weight excluding hydrogens is 383 g/mol. The first-order valence-electron chi connectivity index (χ1n) is 9.21. The molecule has 5 nitrogen and oxygen atoms in total. The van der Waals surface area contributed by atoms with Crippen molar-refractivity contribution in [3.63, 3.8) is 0 Å². The van der Waals surface area contributed by atoms with Crippen molar-refractivity contribution in [2.45, 2.75) is 31.6 Å². The second-order valence-corrected chi connectivity index (χ2v) is 7.14. The van der Waals surface area contributed by atoms with Gasteiger partial charge in [-0.1, -0.05) is 49.4 Å². The Morgan fingerprint density at radius 3 is 2.21 bits per heavy atom. The number of halogens is 3. The van der Waals surface area contributed by atoms with Gasteiger partial charge in [-0.15, -0.1) is 0 Å². The highest BCUT2D eigenvalue weighted by molar-refractivity contribution is 6.07. The average molecular weight is 405 g/mol. The van der Waals surface area contributed by atoms with Crippen LogP contribution >= 0.6 is 0 Å². The van der Waals surface area contributed by atoms with Crippen molar-refractivity contribution in [3.8, 4) is 0 Å². The third-order valence-electron chi connectivity index (χ3n) is 5.09. The van der Waals surface area contributed by atoms with Crippen molar-refractivity contribution in [2.24, 2.45) is 0 Å². The number of urea groups is 1. The number of amides is 3. The van der Waals surface area contributed by atoms with Gasteiger partial charge in [-0.25, -0.2) is 9.69 Å². The van der Waals surface area contributed by atoms with Gasteiger partial charge in [-0.3, -0.25) is 9.69 Å². The molecule has 0 saturated carbocycles. The lowest BCUT2D eigenvalue weighted by Crippen LogP contribution is -2.44. The van der Waals surface area contributed by atoms with Crippen LogP contribution in [-0.4, -0.2) is 35.5 Å². The van der Waals surface area contributed by atoms with Crippen molar-refractivity contribution < 1.29 is 22.8 Å². The summed E-state index contributed by atoms with van der Waals surface area (Å²) in [4.78, 5) is 28.5. The van der Waals surface area contributed by atoms with E-state index in [1.54, 1.807) is 24.1 Å². The van der Waals surface area contributed by atoms with Crippen molar-refractivity contribution in [3.05, 3.63) is 71.3 Å². The minimum atomic E-state index is -4.38. The third kappa shape index (κ3) is 4.12. The molecule has 1 heterocycles. The Labute approximate surface area is 167 Å². The Balaban J connectivity index is 1.71. The van der Waals surface area contributed by atoms with E-state index in [9.17, 15) is 22.8 Å². The summed E-state index contributed by atoms with van der Waals surface area (Å²) in [5, 5.41) is 2.81. The molecule has 0 radical (unpaired) electrons. The van der Waals surface area contributed by atoms with Gasteiger partial charge in [-0.2, -0.15) is 13.2 Å². The molecule has 3 rings (SSSR count). The Morgan fingerprint density at radius 1 is 1.03 bits per heavy atom. The van der Waals surface area contributed by atoms with Crippen molar-refractivity contribution in [1.82, 2.24) is 15.1 Å². The monoisotopic (exact) mass is 405 g/mol. The van der Waals surface area contributed by atoms with Crippen LogP contribution in [-0.2, 0) is 23.1 Å². The summed E-state index contributed by atoms with van der Waals surface area (Å²) in [6, 6.07) is 13.4. The van der Waals surface area contributed by atoms with Gasteiger partial charge >= 0.3 is 12.2 Å². The van der Waals surface area contributed by atoms with Crippen LogP contribution in [0.25, 0.3) is 0 Å². The zero-order chi connectivity index (χ0) is 21.2. The quantitative estimate of drug-likeness (QED) is 0.741. The fourth-order valence-corrected chi connectivity index (χ4v) is 3.52. The molecule has 1 atom stereocenters. The molecule has 0 bridgehead atoms. The SMILES string of the molecule is CC[C@]1(c2ccccc2)NC(=O)N(CN(C)Cc2ccc(C(F)(F)F)cc2)C1=O. The van der Waals surface area contributed by atoms with Gasteiger partial charge in [0.05, 0.1) is 12.2 Å². The summed E-state index contributed by atoms with van der Waals surface area (Å²) in [5.74, 6) is -0.338. The number of hydrogen-bond acceptors (Lipinski definition) is 3. The predicted molar refractivity (Wildman–Crippen MR) is 102 cm³/mol. The predicted octanol–water partition coefficient (Wildman–Crippen LogP) is 3.95. The number of rotatable bonds is 6. The van der Waals surface area contributed by atoms with E-state index in [1.165, 1.54) is 12.1 Å². The first-order valence-corrected chi connectivity index (χ1v) is 9.21. The van der Waals surface area contributed by atoms with Crippen LogP contribution in [0.5, 0.6) is 0 Å². The molecule has 3 amide bonds. The van der Waals surface area contributed by atoms with E-state index in [1.807, 2.05) is 25.1 Å². The lowest BCUT2D eigenvalue weighted by atomic mass is 9.87. The summed E-state index contributed by atoms with van der Waals surface area (Å²) in [6.07, 6.45) is -3.98. The smallest absolute Gasteiger partial charge is 0.319 e. The standard InChI is InChI=1S/C21H22F3N3O2/c1-3-20(16-7-5-4-6-8-16)18(28)27(19(29)25-20)14-26(2)13-15-9-11-17(12-10-15)21(22,23)24/h4-12H,3,13-14H2,1-2H3,(H,25,29)/t20-/m1/s1. The summed E-state index contributed by atoms with van der Waals surface area (Å²) in [7, 11) is 1.70. The zero-order valence-electron chi connectivity index (χ0n) is 16.2. The average Bonchev–Trinajstić information content (AvgIpc) is 2.93. The number of carbonyl (C=O) groups is 2. The van der Waals surface area contributed by atoms with E-state index in [2.05, 4.69) is 5.32 Å². The highest BCUT2D eigenvalue weighted by Gasteiger charge is 2.51. The molecule has 2 aromatic rings. The minimum absolute atomic E-state index is 0.0280. The van der Waals surface area contributed by atoms with E-state index < -0.39 is 23.3 Å². The van der Waals surface area contributed by atoms with Gasteiger partial charge in [-0.05, 0) is 36.7 Å². The van der Waals surface area contributed by atoms with Crippen LogP contribution < -0.4 is 5.32 Å². The fourth-order valence-electron chi connectivity index (χ4n) is 3.52. The molecule has 2 aromatic carbocycles. The molecule has 1 fully saturated rings. The number of alkyl halides is 3. The maximum Gasteiger partial charge on any atom is 0.416 e. The largest absolute Gasteiger partial charge is 0.416 e. The number of imide groups is 1. The third-order valence-corrected chi connectivity index (χ3v) is 5.09. The van der Waals surface area contributed by atoms with E-state index in [0.29, 0.717) is 24.1 Å². The second kappa shape index (κ2) is 7.87. The topological polar surface area (TPSA) is 52.7 Å². The van der Waals surface area contributed by atoms with Crippen LogP contribution in [0.2, 0.25) is 0 Å². The minimum Gasteiger partial charge on any atom is -0.319 e. The Kier molecular flexibility index (Phi) is 5.66. The Morgan fingerprint density at radius 2 is 1.66 bits per heavy atom. The Hall–Kier alpha value is -2.87. The van der Waals surface area contributed by atoms with Crippen LogP contribution in [0.1, 0.15) is 30.0 Å². The molecule has 8 heteroatoms. The van der Waals surface area contributed by atoms with E-state index in [4.69, 9.17) is 0 Å². The van der Waals surface area contributed by atoms with Gasteiger partial charge in [0.1, 0.15) is 5.54 Å². The molecular formula is C21H22F3N3O2. The van der Waals surface area contributed by atoms with Gasteiger partial charge in [0.2, 0.25) is 0 Å². The van der Waals surface area contributed by atoms with E-state index >= 15 is 0 Å². The molecule has 1 aliphatic rings. The second-order valence-electron chi connectivity index (χ2n) is 7.14. The summed E-state index contributed by atoms with van der Waals surface area (Å²) >= 11 is 0.